The van der Waals surface area contributed by atoms with E-state index in [-0.39, 0.29) is 6.61 Å². The van der Waals surface area contributed by atoms with Crippen molar-refractivity contribution in [3.8, 4) is 16.9 Å². The Morgan fingerprint density at radius 1 is 0.872 bits per heavy atom. The summed E-state index contributed by atoms with van der Waals surface area (Å²) in [6, 6.07) is 21.3. The van der Waals surface area contributed by atoms with Gasteiger partial charge in [-0.05, 0) is 80.6 Å². The van der Waals surface area contributed by atoms with Crippen LogP contribution < -0.4 is 4.74 Å². The molecule has 0 N–H and O–H groups in total. The molecule has 0 fully saturated rings. The van der Waals surface area contributed by atoms with Crippen LogP contribution in [0.25, 0.3) is 17.2 Å². The molecular formula is C34H38O5. The molecule has 5 heteroatoms. The molecule has 3 rings (SSSR count). The molecule has 0 aliphatic heterocycles. The zero-order chi connectivity index (χ0) is 28.6. The Balaban J connectivity index is 1.68. The molecule has 0 atom stereocenters. The number of esters is 2. The highest BCUT2D eigenvalue weighted by Crippen LogP contribution is 2.30. The van der Waals surface area contributed by atoms with Gasteiger partial charge in [-0.2, -0.15) is 0 Å². The lowest BCUT2D eigenvalue weighted by Crippen LogP contribution is -2.36. The molecule has 3 aromatic rings. The number of aryl methyl sites for hydroxylation is 1. The number of carbonyl (C=O) groups excluding carboxylic acids is 2. The van der Waals surface area contributed by atoms with E-state index < -0.39 is 23.1 Å². The summed E-state index contributed by atoms with van der Waals surface area (Å²) in [5, 5.41) is 0. The second-order valence-electron chi connectivity index (χ2n) is 10.6. The summed E-state index contributed by atoms with van der Waals surface area (Å²) < 4.78 is 17.2. The van der Waals surface area contributed by atoms with Gasteiger partial charge in [-0.25, -0.2) is 9.59 Å². The average Bonchev–Trinajstić information content (AvgIpc) is 2.92. The predicted molar refractivity (Wildman–Crippen MR) is 157 cm³/mol. The molecule has 5 nitrogen and oxygen atoms in total. The van der Waals surface area contributed by atoms with Gasteiger partial charge in [0.25, 0.3) is 0 Å². The topological polar surface area (TPSA) is 61.8 Å². The number of ether oxygens (including phenoxy) is 3. The van der Waals surface area contributed by atoms with Crippen molar-refractivity contribution < 1.29 is 23.8 Å². The Kier molecular flexibility index (Phi) is 9.66. The molecule has 0 spiro atoms. The Morgan fingerprint density at radius 2 is 1.51 bits per heavy atom. The van der Waals surface area contributed by atoms with Crippen LogP contribution in [0.15, 0.2) is 86.0 Å². The normalized spacial score (nSPS) is 11.5. The van der Waals surface area contributed by atoms with Gasteiger partial charge in [0.2, 0.25) is 0 Å². The van der Waals surface area contributed by atoms with Gasteiger partial charge < -0.3 is 14.2 Å². The first-order chi connectivity index (χ1) is 18.5. The van der Waals surface area contributed by atoms with Crippen LogP contribution in [-0.4, -0.2) is 24.1 Å². The first-order valence-corrected chi connectivity index (χ1v) is 13.2. The second-order valence-corrected chi connectivity index (χ2v) is 10.6. The fraction of sp³-hybridized carbons (Fsp3) is 0.294. The first kappa shape index (κ1) is 29.6. The summed E-state index contributed by atoms with van der Waals surface area (Å²) in [6.45, 7) is 17.1. The Bertz CT molecular complexity index is 1310. The van der Waals surface area contributed by atoms with Gasteiger partial charge in [0.05, 0.1) is 17.8 Å². The average molecular weight is 527 g/mol. The van der Waals surface area contributed by atoms with Gasteiger partial charge in [-0.1, -0.05) is 75.0 Å². The van der Waals surface area contributed by atoms with E-state index in [2.05, 4.69) is 44.3 Å². The molecule has 0 aromatic heterocycles. The Labute approximate surface area is 232 Å². The minimum Gasteiger partial charge on any atom is -0.454 e. The van der Waals surface area contributed by atoms with E-state index in [0.29, 0.717) is 11.3 Å². The van der Waals surface area contributed by atoms with Crippen LogP contribution in [0, 0.1) is 0 Å². The van der Waals surface area contributed by atoms with Gasteiger partial charge in [0.15, 0.2) is 0 Å². The number of hydrogen-bond donors (Lipinski definition) is 0. The molecule has 204 valence electrons. The summed E-state index contributed by atoms with van der Waals surface area (Å²) >= 11 is 0. The monoisotopic (exact) mass is 526 g/mol. The maximum Gasteiger partial charge on any atom is 0.343 e. The molecule has 0 aliphatic rings. The summed E-state index contributed by atoms with van der Waals surface area (Å²) in [6.07, 6.45) is 4.99. The Morgan fingerprint density at radius 3 is 2.10 bits per heavy atom. The van der Waals surface area contributed by atoms with Gasteiger partial charge in [-0.15, -0.1) is 0 Å². The van der Waals surface area contributed by atoms with Crippen molar-refractivity contribution in [2.45, 2.75) is 58.7 Å². The predicted octanol–water partition coefficient (Wildman–Crippen LogP) is 7.93. The van der Waals surface area contributed by atoms with Gasteiger partial charge >= 0.3 is 11.9 Å². The summed E-state index contributed by atoms with van der Waals surface area (Å²) in [4.78, 5) is 24.5. The van der Waals surface area contributed by atoms with Crippen LogP contribution >= 0.6 is 0 Å². The molecule has 0 radical (unpaired) electrons. The largest absolute Gasteiger partial charge is 0.454 e. The molecule has 0 saturated heterocycles. The van der Waals surface area contributed by atoms with Crippen LogP contribution in [0.2, 0.25) is 0 Å². The fourth-order valence-corrected chi connectivity index (χ4v) is 4.08. The van der Waals surface area contributed by atoms with E-state index in [1.165, 1.54) is 5.56 Å². The third-order valence-electron chi connectivity index (χ3n) is 6.40. The highest BCUT2D eigenvalue weighted by atomic mass is 16.6. The molecule has 39 heavy (non-hydrogen) atoms. The number of carbonyl (C=O) groups is 2. The van der Waals surface area contributed by atoms with Crippen molar-refractivity contribution in [3.05, 3.63) is 108 Å². The van der Waals surface area contributed by atoms with Crippen LogP contribution in [0.5, 0.6) is 5.75 Å². The zero-order valence-electron chi connectivity index (χ0n) is 23.6. The summed E-state index contributed by atoms with van der Waals surface area (Å²) in [7, 11) is 0. The molecule has 0 bridgehead atoms. The van der Waals surface area contributed by atoms with Gasteiger partial charge in [0, 0.05) is 11.6 Å². The van der Waals surface area contributed by atoms with E-state index in [1.807, 2.05) is 38.1 Å². The third kappa shape index (κ3) is 8.01. The van der Waals surface area contributed by atoms with Crippen molar-refractivity contribution in [3.63, 3.8) is 0 Å². The lowest BCUT2D eigenvalue weighted by Gasteiger charge is -2.32. The summed E-state index contributed by atoms with van der Waals surface area (Å²) in [5.74, 6) is -0.512. The van der Waals surface area contributed by atoms with Crippen LogP contribution in [0.3, 0.4) is 0 Å². The highest BCUT2D eigenvalue weighted by Gasteiger charge is 2.29. The van der Waals surface area contributed by atoms with E-state index in [9.17, 15) is 9.59 Å². The molecule has 3 aromatic carbocycles. The lowest BCUT2D eigenvalue weighted by molar-refractivity contribution is -0.163. The van der Waals surface area contributed by atoms with E-state index in [4.69, 9.17) is 14.2 Å². The van der Waals surface area contributed by atoms with Crippen molar-refractivity contribution in [2.24, 2.45) is 0 Å². The summed E-state index contributed by atoms with van der Waals surface area (Å²) in [5.41, 5.74) is 3.97. The maximum absolute atomic E-state index is 12.9. The molecule has 0 saturated carbocycles. The number of hydrogen-bond acceptors (Lipinski definition) is 5. The zero-order valence-corrected chi connectivity index (χ0v) is 23.6. The molecule has 0 amide bonds. The molecule has 0 unspecified atom stereocenters. The number of rotatable bonds is 12. The standard InChI is InChI=1S/C34H38O5/c1-8-11-24-12-14-26(15-13-24)28-18-21-30(25(9-2)22-28)38-32(36)27-16-19-29(20-17-27)34(6,7)37-23-33(4,5)39-31(35)10-3/h9-10,12-22H,2-3,8,11,23H2,1,4-7H3. The van der Waals surface area contributed by atoms with Crippen molar-refractivity contribution in [1.82, 2.24) is 0 Å². The van der Waals surface area contributed by atoms with Gasteiger partial charge in [-0.3, -0.25) is 0 Å². The molecule has 0 heterocycles. The van der Waals surface area contributed by atoms with E-state index in [0.717, 1.165) is 41.2 Å². The Hall–Kier alpha value is -3.96. The highest BCUT2D eigenvalue weighted by molar-refractivity contribution is 5.91. The van der Waals surface area contributed by atoms with Gasteiger partial charge in [0.1, 0.15) is 11.4 Å². The van der Waals surface area contributed by atoms with E-state index in [1.54, 1.807) is 38.1 Å². The van der Waals surface area contributed by atoms with E-state index >= 15 is 0 Å². The van der Waals surface area contributed by atoms with Crippen LogP contribution in [0.1, 0.15) is 68.1 Å². The van der Waals surface area contributed by atoms with Crippen molar-refractivity contribution in [1.29, 1.82) is 0 Å². The minimum absolute atomic E-state index is 0.187. The maximum atomic E-state index is 12.9. The quantitative estimate of drug-likeness (QED) is 0.136. The second kappa shape index (κ2) is 12.7. The SMILES string of the molecule is C=CC(=O)OC(C)(C)COC(C)(C)c1ccc(C(=O)Oc2ccc(-c3ccc(CCC)cc3)cc2C=C)cc1. The number of benzene rings is 3. The van der Waals surface area contributed by atoms with Crippen molar-refractivity contribution in [2.75, 3.05) is 6.61 Å². The fourth-order valence-electron chi connectivity index (χ4n) is 4.08. The third-order valence-corrected chi connectivity index (χ3v) is 6.40. The molecular weight excluding hydrogens is 488 g/mol. The molecule has 0 aliphatic carbocycles. The van der Waals surface area contributed by atoms with Crippen LogP contribution in [0.4, 0.5) is 0 Å². The minimum atomic E-state index is -0.816. The van der Waals surface area contributed by atoms with Crippen molar-refractivity contribution >= 4 is 18.0 Å². The first-order valence-electron chi connectivity index (χ1n) is 13.2. The lowest BCUT2D eigenvalue weighted by atomic mass is 9.96. The van der Waals surface area contributed by atoms with Crippen LogP contribution in [-0.2, 0) is 26.3 Å². The smallest absolute Gasteiger partial charge is 0.343 e.